The van der Waals surface area contributed by atoms with Crippen LogP contribution in [0.15, 0.2) is 29.8 Å². The predicted molar refractivity (Wildman–Crippen MR) is 75.0 cm³/mol. The van der Waals surface area contributed by atoms with Crippen molar-refractivity contribution in [2.24, 2.45) is 5.73 Å². The van der Waals surface area contributed by atoms with Crippen LogP contribution in [0.3, 0.4) is 0 Å². The molecule has 3 N–H and O–H groups in total. The van der Waals surface area contributed by atoms with Gasteiger partial charge in [-0.3, -0.25) is 9.78 Å². The highest BCUT2D eigenvalue weighted by atomic mass is 32.1. The zero-order valence-corrected chi connectivity index (χ0v) is 11.5. The Hall–Kier alpha value is -1.79. The number of nitrogens with two attached hydrogens (primary N) is 1. The van der Waals surface area contributed by atoms with Crippen molar-refractivity contribution in [3.63, 3.8) is 0 Å². The molecule has 1 amide bonds. The van der Waals surface area contributed by atoms with E-state index in [-0.39, 0.29) is 11.9 Å². The third-order valence-corrected chi connectivity index (χ3v) is 3.58. The third-order valence-electron chi connectivity index (χ3n) is 2.54. The zero-order valence-electron chi connectivity index (χ0n) is 10.7. The molecular weight excluding hydrogens is 260 g/mol. The van der Waals surface area contributed by atoms with Gasteiger partial charge in [0.05, 0.1) is 6.04 Å². The molecule has 0 aliphatic rings. The molecule has 0 spiro atoms. The fourth-order valence-corrected chi connectivity index (χ4v) is 2.30. The van der Waals surface area contributed by atoms with Crippen LogP contribution >= 0.6 is 11.3 Å². The first-order valence-electron chi connectivity index (χ1n) is 6.06. The number of amides is 1. The molecule has 0 saturated heterocycles. The Morgan fingerprint density at radius 2 is 2.37 bits per heavy atom. The van der Waals surface area contributed by atoms with Crippen LogP contribution in [0.25, 0.3) is 0 Å². The number of nitrogens with one attached hydrogen (secondary N) is 1. The summed E-state index contributed by atoms with van der Waals surface area (Å²) in [6, 6.07) is 5.59. The number of thiazole rings is 1. The Morgan fingerprint density at radius 1 is 1.53 bits per heavy atom. The molecule has 0 fully saturated rings. The van der Waals surface area contributed by atoms with Crippen molar-refractivity contribution in [3.8, 4) is 0 Å². The topological polar surface area (TPSA) is 80.9 Å². The van der Waals surface area contributed by atoms with Gasteiger partial charge < -0.3 is 11.1 Å². The van der Waals surface area contributed by atoms with Crippen molar-refractivity contribution in [3.05, 3.63) is 46.2 Å². The third kappa shape index (κ3) is 3.84. The first-order valence-corrected chi connectivity index (χ1v) is 6.94. The minimum absolute atomic E-state index is 0.139. The Morgan fingerprint density at radius 3 is 3.00 bits per heavy atom. The van der Waals surface area contributed by atoms with E-state index in [1.165, 1.54) is 11.3 Å². The standard InChI is InChI=1S/C13H16N4OS/c1-9(14)13-17-11(8-19-13)12(18)16-7-5-10-4-2-3-6-15-10/h2-4,6,8-9H,5,7,14H2,1H3,(H,16,18). The van der Waals surface area contributed by atoms with Gasteiger partial charge in [0, 0.05) is 30.2 Å². The van der Waals surface area contributed by atoms with E-state index < -0.39 is 0 Å². The van der Waals surface area contributed by atoms with Crippen molar-refractivity contribution < 1.29 is 4.79 Å². The predicted octanol–water partition coefficient (Wildman–Crippen LogP) is 1.53. The maximum Gasteiger partial charge on any atom is 0.270 e. The minimum atomic E-state index is -0.168. The number of nitrogens with zero attached hydrogens (tertiary/aromatic N) is 2. The monoisotopic (exact) mass is 276 g/mol. The van der Waals surface area contributed by atoms with Gasteiger partial charge in [-0.1, -0.05) is 6.07 Å². The number of carbonyl (C=O) groups is 1. The molecule has 5 nitrogen and oxygen atoms in total. The fraction of sp³-hybridized carbons (Fsp3) is 0.308. The number of pyridine rings is 1. The van der Waals surface area contributed by atoms with E-state index in [9.17, 15) is 4.79 Å². The van der Waals surface area contributed by atoms with E-state index in [2.05, 4.69) is 15.3 Å². The lowest BCUT2D eigenvalue weighted by Gasteiger charge is -2.03. The van der Waals surface area contributed by atoms with E-state index in [0.29, 0.717) is 18.7 Å². The quantitative estimate of drug-likeness (QED) is 0.867. The molecule has 6 heteroatoms. The first-order chi connectivity index (χ1) is 9.16. The minimum Gasteiger partial charge on any atom is -0.350 e. The number of rotatable bonds is 5. The SMILES string of the molecule is CC(N)c1nc(C(=O)NCCc2ccccn2)cs1. The van der Waals surface area contributed by atoms with Crippen LogP contribution in [0.1, 0.15) is 34.2 Å². The lowest BCUT2D eigenvalue weighted by atomic mass is 10.2. The highest BCUT2D eigenvalue weighted by molar-refractivity contribution is 7.09. The molecule has 2 rings (SSSR count). The highest BCUT2D eigenvalue weighted by Gasteiger charge is 2.12. The molecular formula is C13H16N4OS. The molecule has 0 aliphatic heterocycles. The van der Waals surface area contributed by atoms with Crippen LogP contribution in [0, 0.1) is 0 Å². The molecule has 2 aromatic heterocycles. The zero-order chi connectivity index (χ0) is 13.7. The van der Waals surface area contributed by atoms with Crippen molar-refractivity contribution >= 4 is 17.2 Å². The van der Waals surface area contributed by atoms with Crippen molar-refractivity contribution in [2.75, 3.05) is 6.54 Å². The van der Waals surface area contributed by atoms with Crippen molar-refractivity contribution in [1.82, 2.24) is 15.3 Å². The van der Waals surface area contributed by atoms with Gasteiger partial charge in [-0.15, -0.1) is 11.3 Å². The summed E-state index contributed by atoms with van der Waals surface area (Å²) in [4.78, 5) is 20.2. The molecule has 0 bridgehead atoms. The van der Waals surface area contributed by atoms with Gasteiger partial charge in [-0.25, -0.2) is 4.98 Å². The number of aromatic nitrogens is 2. The Balaban J connectivity index is 1.84. The molecule has 0 aliphatic carbocycles. The van der Waals surface area contributed by atoms with Gasteiger partial charge in [0.1, 0.15) is 10.7 Å². The van der Waals surface area contributed by atoms with Crippen LogP contribution in [-0.2, 0) is 6.42 Å². The van der Waals surface area contributed by atoms with Crippen LogP contribution < -0.4 is 11.1 Å². The van der Waals surface area contributed by atoms with Gasteiger partial charge in [0.2, 0.25) is 0 Å². The lowest BCUT2D eigenvalue weighted by Crippen LogP contribution is -2.26. The van der Waals surface area contributed by atoms with E-state index in [1.54, 1.807) is 11.6 Å². The average molecular weight is 276 g/mol. The summed E-state index contributed by atoms with van der Waals surface area (Å²) in [6.45, 7) is 2.39. The molecule has 0 radical (unpaired) electrons. The maximum absolute atomic E-state index is 11.8. The smallest absolute Gasteiger partial charge is 0.270 e. The van der Waals surface area contributed by atoms with Gasteiger partial charge >= 0.3 is 0 Å². The summed E-state index contributed by atoms with van der Waals surface area (Å²) < 4.78 is 0. The molecule has 0 aromatic carbocycles. The highest BCUT2D eigenvalue weighted by Crippen LogP contribution is 2.15. The van der Waals surface area contributed by atoms with Crippen molar-refractivity contribution in [1.29, 1.82) is 0 Å². The molecule has 1 atom stereocenters. The van der Waals surface area contributed by atoms with Crippen LogP contribution in [0.5, 0.6) is 0 Å². The second-order valence-corrected chi connectivity index (χ2v) is 5.08. The summed E-state index contributed by atoms with van der Waals surface area (Å²) in [5.41, 5.74) is 7.10. The summed E-state index contributed by atoms with van der Waals surface area (Å²) in [5.74, 6) is -0.168. The largest absolute Gasteiger partial charge is 0.350 e. The normalized spacial score (nSPS) is 12.1. The summed E-state index contributed by atoms with van der Waals surface area (Å²) >= 11 is 1.41. The molecule has 1 unspecified atom stereocenters. The molecule has 19 heavy (non-hydrogen) atoms. The van der Waals surface area contributed by atoms with Gasteiger partial charge in [-0.05, 0) is 19.1 Å². The Labute approximate surface area is 115 Å². The summed E-state index contributed by atoms with van der Waals surface area (Å²) in [6.07, 6.45) is 2.45. The maximum atomic E-state index is 11.8. The van der Waals surface area contributed by atoms with Gasteiger partial charge in [0.15, 0.2) is 0 Å². The van der Waals surface area contributed by atoms with E-state index in [4.69, 9.17) is 5.73 Å². The van der Waals surface area contributed by atoms with E-state index in [1.807, 2.05) is 25.1 Å². The van der Waals surface area contributed by atoms with Crippen LogP contribution in [0.4, 0.5) is 0 Å². The Kier molecular flexibility index (Phi) is 4.59. The average Bonchev–Trinajstić information content (AvgIpc) is 2.89. The summed E-state index contributed by atoms with van der Waals surface area (Å²) in [5, 5.41) is 5.33. The number of hydrogen-bond donors (Lipinski definition) is 2. The second-order valence-electron chi connectivity index (χ2n) is 4.19. The molecule has 0 saturated carbocycles. The van der Waals surface area contributed by atoms with E-state index >= 15 is 0 Å². The Bertz CT molecular complexity index is 539. The molecule has 100 valence electrons. The molecule has 2 aromatic rings. The van der Waals surface area contributed by atoms with Crippen molar-refractivity contribution in [2.45, 2.75) is 19.4 Å². The lowest BCUT2D eigenvalue weighted by molar-refractivity contribution is 0.0949. The second kappa shape index (κ2) is 6.40. The van der Waals surface area contributed by atoms with Crippen LogP contribution in [0.2, 0.25) is 0 Å². The van der Waals surface area contributed by atoms with E-state index in [0.717, 1.165) is 10.7 Å². The van der Waals surface area contributed by atoms with Gasteiger partial charge in [0.25, 0.3) is 5.91 Å². The number of carbonyl (C=O) groups excluding carboxylic acids is 1. The van der Waals surface area contributed by atoms with Gasteiger partial charge in [-0.2, -0.15) is 0 Å². The fourth-order valence-electron chi connectivity index (χ4n) is 1.54. The van der Waals surface area contributed by atoms with Crippen LogP contribution in [-0.4, -0.2) is 22.4 Å². The molecule has 2 heterocycles. The summed E-state index contributed by atoms with van der Waals surface area (Å²) in [7, 11) is 0. The first kappa shape index (κ1) is 13.6. The number of hydrogen-bond acceptors (Lipinski definition) is 5.